The summed E-state index contributed by atoms with van der Waals surface area (Å²) in [4.78, 5) is 2.32. The Morgan fingerprint density at radius 3 is 2.79 bits per heavy atom. The molecule has 152 valence electrons. The molecular weight excluding hydrogens is 368 g/mol. The first-order valence-corrected chi connectivity index (χ1v) is 11.5. The number of nitrogens with one attached hydrogen (secondary N) is 1. The Morgan fingerprint density at radius 1 is 1.14 bits per heavy atom. The fraction of sp³-hybridized carbons (Fsp3) is 0.478. The molecule has 0 spiro atoms. The van der Waals surface area contributed by atoms with Crippen LogP contribution in [-0.4, -0.2) is 54.4 Å². The van der Waals surface area contributed by atoms with Gasteiger partial charge < -0.3 is 15.2 Å². The second-order valence-electron chi connectivity index (χ2n) is 7.35. The predicted octanol–water partition coefficient (Wildman–Crippen LogP) is 3.33. The lowest BCUT2D eigenvalue weighted by atomic mass is 10.00. The van der Waals surface area contributed by atoms with Gasteiger partial charge in [-0.3, -0.25) is 4.90 Å². The maximum absolute atomic E-state index is 10.5. The first-order valence-electron chi connectivity index (χ1n) is 10.1. The first kappa shape index (κ1) is 21.2. The van der Waals surface area contributed by atoms with Crippen LogP contribution in [-0.2, 0) is 19.5 Å². The Morgan fingerprint density at radius 2 is 1.93 bits per heavy atom. The summed E-state index contributed by atoms with van der Waals surface area (Å²) in [5.41, 5.74) is 3.95. The van der Waals surface area contributed by atoms with Crippen LogP contribution in [0.4, 0.5) is 0 Å². The highest BCUT2D eigenvalue weighted by molar-refractivity contribution is 7.98. The monoisotopic (exact) mass is 400 g/mol. The number of hydrogen-bond acceptors (Lipinski definition) is 5. The highest BCUT2D eigenvalue weighted by atomic mass is 32.2. The van der Waals surface area contributed by atoms with E-state index in [1.165, 1.54) is 23.3 Å². The fourth-order valence-corrected chi connectivity index (χ4v) is 4.03. The average Bonchev–Trinajstić information content (AvgIpc) is 2.73. The van der Waals surface area contributed by atoms with Crippen molar-refractivity contribution in [2.24, 2.45) is 0 Å². The quantitative estimate of drug-likeness (QED) is 0.567. The van der Waals surface area contributed by atoms with E-state index in [-0.39, 0.29) is 0 Å². The van der Waals surface area contributed by atoms with Crippen molar-refractivity contribution in [1.29, 1.82) is 0 Å². The lowest BCUT2D eigenvalue weighted by molar-refractivity contribution is 0.0634. The third-order valence-corrected chi connectivity index (χ3v) is 5.80. The number of β-amino-alcohol motifs (C(OH)–C–C–N with tert-alkyl or cyclic N) is 1. The second-order valence-corrected chi connectivity index (χ2v) is 8.34. The summed E-state index contributed by atoms with van der Waals surface area (Å²) in [7, 11) is 0. The summed E-state index contributed by atoms with van der Waals surface area (Å²) in [6.45, 7) is 4.66. The average molecular weight is 401 g/mol. The lowest BCUT2D eigenvalue weighted by Crippen LogP contribution is -2.38. The molecule has 4 nitrogen and oxygen atoms in total. The molecule has 3 rings (SSSR count). The normalized spacial score (nSPS) is 15.2. The number of ether oxygens (including phenoxy) is 1. The SMILES string of the molecule is CSCCCNCc1ccccc1OC[C@H](O)CN1CCc2ccccc2C1. The number of benzene rings is 2. The van der Waals surface area contributed by atoms with Crippen molar-refractivity contribution in [1.82, 2.24) is 10.2 Å². The summed E-state index contributed by atoms with van der Waals surface area (Å²) in [5.74, 6) is 2.04. The number of nitrogens with zero attached hydrogens (tertiary/aromatic N) is 1. The van der Waals surface area contributed by atoms with Gasteiger partial charge in [0.1, 0.15) is 18.5 Å². The molecule has 0 saturated heterocycles. The number of hydrogen-bond donors (Lipinski definition) is 2. The molecule has 2 aromatic rings. The van der Waals surface area contributed by atoms with Crippen LogP contribution in [0.15, 0.2) is 48.5 Å². The van der Waals surface area contributed by atoms with E-state index in [1.54, 1.807) is 0 Å². The van der Waals surface area contributed by atoms with E-state index in [1.807, 2.05) is 30.0 Å². The van der Waals surface area contributed by atoms with Gasteiger partial charge in [0.05, 0.1) is 0 Å². The Bertz CT molecular complexity index is 725. The standard InChI is InChI=1S/C23H32N2O2S/c1-28-14-6-12-24-15-20-8-4-5-10-23(20)27-18-22(26)17-25-13-11-19-7-2-3-9-21(19)16-25/h2-5,7-10,22,24,26H,6,11-18H2,1H3/t22-/m1/s1. The lowest BCUT2D eigenvalue weighted by Gasteiger charge is -2.30. The summed E-state index contributed by atoms with van der Waals surface area (Å²) in [5, 5.41) is 14.0. The highest BCUT2D eigenvalue weighted by Gasteiger charge is 2.19. The summed E-state index contributed by atoms with van der Waals surface area (Å²) in [6, 6.07) is 16.7. The smallest absolute Gasteiger partial charge is 0.123 e. The molecule has 1 atom stereocenters. The minimum Gasteiger partial charge on any atom is -0.491 e. The maximum Gasteiger partial charge on any atom is 0.123 e. The van der Waals surface area contributed by atoms with Gasteiger partial charge in [0, 0.05) is 31.7 Å². The van der Waals surface area contributed by atoms with Crippen LogP contribution in [0, 0.1) is 0 Å². The van der Waals surface area contributed by atoms with E-state index in [9.17, 15) is 5.11 Å². The number of fused-ring (bicyclic) bond motifs is 1. The summed E-state index contributed by atoms with van der Waals surface area (Å²) >= 11 is 1.88. The van der Waals surface area contributed by atoms with E-state index >= 15 is 0 Å². The Balaban J connectivity index is 1.44. The van der Waals surface area contributed by atoms with E-state index in [4.69, 9.17) is 4.74 Å². The molecule has 28 heavy (non-hydrogen) atoms. The molecule has 1 heterocycles. The van der Waals surface area contributed by atoms with Gasteiger partial charge in [0.15, 0.2) is 0 Å². The van der Waals surface area contributed by atoms with Gasteiger partial charge in [0.25, 0.3) is 0 Å². The topological polar surface area (TPSA) is 44.7 Å². The fourth-order valence-electron chi connectivity index (χ4n) is 3.60. The second kappa shape index (κ2) is 11.5. The van der Waals surface area contributed by atoms with E-state index in [0.717, 1.165) is 43.9 Å². The zero-order valence-electron chi connectivity index (χ0n) is 16.8. The van der Waals surface area contributed by atoms with Gasteiger partial charge in [-0.1, -0.05) is 42.5 Å². The zero-order valence-corrected chi connectivity index (χ0v) is 17.6. The van der Waals surface area contributed by atoms with Crippen LogP contribution in [0.2, 0.25) is 0 Å². The van der Waals surface area contributed by atoms with Gasteiger partial charge in [-0.25, -0.2) is 0 Å². The number of aliphatic hydroxyl groups excluding tert-OH is 1. The zero-order chi connectivity index (χ0) is 19.6. The molecule has 5 heteroatoms. The van der Waals surface area contributed by atoms with E-state index in [2.05, 4.69) is 46.8 Å². The molecule has 0 fully saturated rings. The third-order valence-electron chi connectivity index (χ3n) is 5.10. The van der Waals surface area contributed by atoms with Crippen LogP contribution in [0.1, 0.15) is 23.1 Å². The van der Waals surface area contributed by atoms with Crippen molar-refractivity contribution in [3.8, 4) is 5.75 Å². The van der Waals surface area contributed by atoms with Crippen molar-refractivity contribution in [3.05, 3.63) is 65.2 Å². The van der Waals surface area contributed by atoms with Gasteiger partial charge in [-0.05, 0) is 48.6 Å². The number of thioether (sulfide) groups is 1. The van der Waals surface area contributed by atoms with Crippen LogP contribution in [0.25, 0.3) is 0 Å². The Hall–Kier alpha value is -1.53. The van der Waals surface area contributed by atoms with Gasteiger partial charge in [-0.15, -0.1) is 0 Å². The predicted molar refractivity (Wildman–Crippen MR) is 118 cm³/mol. The van der Waals surface area contributed by atoms with Crippen LogP contribution >= 0.6 is 11.8 Å². The molecule has 1 aliphatic rings. The van der Waals surface area contributed by atoms with Gasteiger partial charge in [-0.2, -0.15) is 11.8 Å². The number of aliphatic hydroxyl groups is 1. The summed E-state index contributed by atoms with van der Waals surface area (Å²) in [6.07, 6.45) is 3.86. The van der Waals surface area contributed by atoms with E-state index < -0.39 is 6.10 Å². The molecule has 1 aliphatic heterocycles. The molecule has 0 aromatic heterocycles. The largest absolute Gasteiger partial charge is 0.491 e. The van der Waals surface area contributed by atoms with Crippen LogP contribution < -0.4 is 10.1 Å². The highest BCUT2D eigenvalue weighted by Crippen LogP contribution is 2.20. The van der Waals surface area contributed by atoms with Crippen LogP contribution in [0.3, 0.4) is 0 Å². The molecule has 0 amide bonds. The maximum atomic E-state index is 10.5. The Labute approximate surface area is 173 Å². The molecule has 0 saturated carbocycles. The van der Waals surface area contributed by atoms with Crippen molar-refractivity contribution in [2.75, 3.05) is 38.2 Å². The van der Waals surface area contributed by atoms with Crippen LogP contribution in [0.5, 0.6) is 5.75 Å². The molecule has 0 bridgehead atoms. The summed E-state index contributed by atoms with van der Waals surface area (Å²) < 4.78 is 5.97. The molecule has 2 N–H and O–H groups in total. The minimum absolute atomic E-state index is 0.321. The van der Waals surface area contributed by atoms with Crippen molar-refractivity contribution in [3.63, 3.8) is 0 Å². The first-order chi connectivity index (χ1) is 13.8. The van der Waals surface area contributed by atoms with E-state index in [0.29, 0.717) is 13.2 Å². The number of rotatable bonds is 11. The molecular formula is C23H32N2O2S. The van der Waals surface area contributed by atoms with Crippen molar-refractivity contribution < 1.29 is 9.84 Å². The molecule has 0 radical (unpaired) electrons. The number of para-hydroxylation sites is 1. The molecule has 2 aromatic carbocycles. The van der Waals surface area contributed by atoms with Gasteiger partial charge >= 0.3 is 0 Å². The third kappa shape index (κ3) is 6.52. The minimum atomic E-state index is -0.493. The molecule has 0 unspecified atom stereocenters. The van der Waals surface area contributed by atoms with Crippen molar-refractivity contribution >= 4 is 11.8 Å². The van der Waals surface area contributed by atoms with Crippen molar-refractivity contribution in [2.45, 2.75) is 32.0 Å². The Kier molecular flexibility index (Phi) is 8.68. The molecule has 0 aliphatic carbocycles. The van der Waals surface area contributed by atoms with Gasteiger partial charge in [0.2, 0.25) is 0 Å².